The average molecular weight is 478 g/mol. The Hall–Kier alpha value is -3.37. The van der Waals surface area contributed by atoms with Gasteiger partial charge in [-0.3, -0.25) is 14.4 Å². The maximum absolute atomic E-state index is 14.5. The van der Waals surface area contributed by atoms with Gasteiger partial charge in [-0.15, -0.1) is 0 Å². The quantitative estimate of drug-likeness (QED) is 0.543. The number of aryl methyl sites for hydroxylation is 1. The highest BCUT2D eigenvalue weighted by Gasteiger charge is 2.30. The number of fused-ring (bicyclic) bond motifs is 2. The normalized spacial score (nSPS) is 22.2. The number of nitrogens with one attached hydrogen (secondary N) is 2. The second-order valence-corrected chi connectivity index (χ2v) is 9.65. The summed E-state index contributed by atoms with van der Waals surface area (Å²) in [6, 6.07) is 5.60. The molecule has 0 spiro atoms. The summed E-state index contributed by atoms with van der Waals surface area (Å²) in [4.78, 5) is 22.5. The van der Waals surface area contributed by atoms with Crippen LogP contribution in [0.3, 0.4) is 0 Å². The zero-order valence-electron chi connectivity index (χ0n) is 20.0. The minimum Gasteiger partial charge on any atom is -0.369 e. The maximum atomic E-state index is 14.5. The van der Waals surface area contributed by atoms with Gasteiger partial charge in [0.1, 0.15) is 17.9 Å². The van der Waals surface area contributed by atoms with Crippen molar-refractivity contribution in [2.24, 2.45) is 12.0 Å². The number of anilines is 2. The molecule has 6 rings (SSSR count). The Labute approximate surface area is 202 Å². The number of carbonyl (C=O) groups is 1. The summed E-state index contributed by atoms with van der Waals surface area (Å²) >= 11 is 0. The maximum Gasteiger partial charge on any atom is 0.359 e. The van der Waals surface area contributed by atoms with Crippen molar-refractivity contribution in [3.8, 4) is 0 Å². The lowest BCUT2D eigenvalue weighted by Gasteiger charge is -2.32. The number of halogens is 1. The van der Waals surface area contributed by atoms with Crippen LogP contribution in [0.2, 0.25) is 0 Å². The van der Waals surface area contributed by atoms with Gasteiger partial charge in [0.2, 0.25) is 5.82 Å². The molecule has 182 valence electrons. The van der Waals surface area contributed by atoms with E-state index in [1.807, 2.05) is 38.5 Å². The van der Waals surface area contributed by atoms with E-state index in [4.69, 9.17) is 0 Å². The van der Waals surface area contributed by atoms with Crippen LogP contribution in [0.1, 0.15) is 23.7 Å². The number of carbonyl (C=O) groups excluding carboxylic acids is 1. The van der Waals surface area contributed by atoms with E-state index in [0.717, 1.165) is 56.8 Å². The van der Waals surface area contributed by atoms with Crippen molar-refractivity contribution in [1.29, 1.82) is 0 Å². The molecule has 0 bridgehead atoms. The first-order valence-electron chi connectivity index (χ1n) is 12.2. The number of piperazine rings is 1. The van der Waals surface area contributed by atoms with E-state index in [-0.39, 0.29) is 17.4 Å². The molecule has 0 aliphatic carbocycles. The third kappa shape index (κ3) is 4.06. The molecule has 0 saturated carbocycles. The summed E-state index contributed by atoms with van der Waals surface area (Å²) < 4.78 is 17.9. The molecule has 35 heavy (non-hydrogen) atoms. The van der Waals surface area contributed by atoms with E-state index in [9.17, 15) is 9.18 Å². The van der Waals surface area contributed by atoms with Gasteiger partial charge in [0.15, 0.2) is 6.04 Å². The summed E-state index contributed by atoms with van der Waals surface area (Å²) in [5.41, 5.74) is 2.87. The molecule has 9 nitrogen and oxygen atoms in total. The molecule has 2 aromatic heterocycles. The van der Waals surface area contributed by atoms with E-state index in [1.54, 1.807) is 15.1 Å². The first-order valence-corrected chi connectivity index (χ1v) is 12.2. The first-order chi connectivity index (χ1) is 17.0. The lowest BCUT2D eigenvalue weighted by Crippen LogP contribution is -2.49. The monoisotopic (exact) mass is 477 g/mol. The fourth-order valence-corrected chi connectivity index (χ4v) is 5.51. The second-order valence-electron chi connectivity index (χ2n) is 9.65. The standard InChI is InChI=1S/C25H29FN8O/c1-16-12-34-13-17(11-21(26)24(34)28-16)29-25(35)19-3-4-22(20-15-31(2)30-23(19)20)33-8-5-18(14-33)32-9-6-27-7-10-32/h3-4,11-13,15-16,18,27H,5-10,14H2,1-2H3/p+1/t16?,18-/m0/s1. The van der Waals surface area contributed by atoms with Crippen LogP contribution in [-0.2, 0) is 7.05 Å². The summed E-state index contributed by atoms with van der Waals surface area (Å²) in [5.74, 6) is -0.780. The van der Waals surface area contributed by atoms with Gasteiger partial charge in [0.25, 0.3) is 5.91 Å². The molecule has 10 heteroatoms. The topological polar surface area (TPSA) is 83.7 Å². The van der Waals surface area contributed by atoms with Gasteiger partial charge in [-0.1, -0.05) is 4.99 Å². The summed E-state index contributed by atoms with van der Waals surface area (Å²) in [6.45, 7) is 8.11. The fraction of sp³-hybridized carbons (Fsp3) is 0.440. The second kappa shape index (κ2) is 8.69. The smallest absolute Gasteiger partial charge is 0.359 e. The lowest BCUT2D eigenvalue weighted by atomic mass is 10.1. The predicted octanol–water partition coefficient (Wildman–Crippen LogP) is 0.768. The minimum absolute atomic E-state index is 0.104. The third-order valence-corrected chi connectivity index (χ3v) is 7.16. The van der Waals surface area contributed by atoms with Crippen LogP contribution < -0.4 is 25.3 Å². The molecule has 1 aromatic carbocycles. The molecule has 3 aliphatic rings. The minimum atomic E-state index is -0.463. The zero-order chi connectivity index (χ0) is 24.1. The van der Waals surface area contributed by atoms with E-state index in [2.05, 4.69) is 30.5 Å². The Bertz CT molecular complexity index is 1430. The molecule has 5 heterocycles. The van der Waals surface area contributed by atoms with E-state index in [0.29, 0.717) is 22.8 Å². The molecule has 2 fully saturated rings. The fourth-order valence-electron chi connectivity index (χ4n) is 5.51. The van der Waals surface area contributed by atoms with Crippen molar-refractivity contribution < 1.29 is 13.4 Å². The molecule has 2 saturated heterocycles. The number of hydrogen-bond donors (Lipinski definition) is 2. The van der Waals surface area contributed by atoms with Gasteiger partial charge in [-0.05, 0) is 25.5 Å². The highest BCUT2D eigenvalue weighted by Crippen LogP contribution is 2.32. The Kier molecular flexibility index (Phi) is 5.49. The highest BCUT2D eigenvalue weighted by atomic mass is 19.1. The van der Waals surface area contributed by atoms with Crippen LogP contribution in [0, 0.1) is 12.0 Å². The molecular formula is C25H30FN8O+. The molecular weight excluding hydrogens is 447 g/mol. The number of amides is 1. The van der Waals surface area contributed by atoms with Gasteiger partial charge >= 0.3 is 5.49 Å². The van der Waals surface area contributed by atoms with Crippen molar-refractivity contribution in [3.63, 3.8) is 0 Å². The molecule has 0 radical (unpaired) electrons. The molecule has 2 N–H and O–H groups in total. The molecule has 3 aromatic rings. The Morgan fingerprint density at radius 1 is 1.26 bits per heavy atom. The Morgan fingerprint density at radius 3 is 2.91 bits per heavy atom. The Balaban J connectivity index is 1.27. The number of pyridine rings is 1. The van der Waals surface area contributed by atoms with Crippen LogP contribution in [-0.4, -0.2) is 71.9 Å². The Morgan fingerprint density at radius 2 is 2.09 bits per heavy atom. The predicted molar refractivity (Wildman–Crippen MR) is 131 cm³/mol. The number of nitrogens with zero attached hydrogens (tertiary/aromatic N) is 6. The van der Waals surface area contributed by atoms with Gasteiger partial charge in [0, 0.05) is 75.7 Å². The first kappa shape index (κ1) is 22.1. The zero-order valence-corrected chi connectivity index (χ0v) is 20.0. The van der Waals surface area contributed by atoms with E-state index in [1.165, 1.54) is 6.07 Å². The highest BCUT2D eigenvalue weighted by molar-refractivity contribution is 6.13. The van der Waals surface area contributed by atoms with Crippen molar-refractivity contribution in [3.05, 3.63) is 53.7 Å². The molecule has 2 atom stereocenters. The number of benzene rings is 1. The SMILES string of the molecule is CC1C=[n+]2cc(NC(=O)c3ccc(N4CC[C@H](N5CCNCC5)C4)c4cn(C)nc34)cc(F)c2=N1. The van der Waals surface area contributed by atoms with E-state index >= 15 is 0 Å². The number of hydrogen-bond acceptors (Lipinski definition) is 6. The molecule has 1 amide bonds. The average Bonchev–Trinajstić information content (AvgIpc) is 3.56. The lowest BCUT2D eigenvalue weighted by molar-refractivity contribution is -0.524. The van der Waals surface area contributed by atoms with Crippen LogP contribution in [0.4, 0.5) is 15.8 Å². The number of aromatic nitrogens is 3. The number of rotatable bonds is 4. The van der Waals surface area contributed by atoms with Gasteiger partial charge in [-0.2, -0.15) is 13.7 Å². The van der Waals surface area contributed by atoms with Crippen molar-refractivity contribution in [1.82, 2.24) is 20.0 Å². The summed E-state index contributed by atoms with van der Waals surface area (Å²) in [5, 5.41) is 11.8. The van der Waals surface area contributed by atoms with Crippen LogP contribution in [0.25, 0.3) is 10.9 Å². The largest absolute Gasteiger partial charge is 0.369 e. The van der Waals surface area contributed by atoms with Crippen molar-refractivity contribution in [2.45, 2.75) is 25.4 Å². The van der Waals surface area contributed by atoms with Crippen LogP contribution in [0.15, 0.2) is 35.6 Å². The van der Waals surface area contributed by atoms with Crippen LogP contribution in [0.5, 0.6) is 0 Å². The third-order valence-electron chi connectivity index (χ3n) is 7.16. The van der Waals surface area contributed by atoms with Gasteiger partial charge in [0.05, 0.1) is 11.3 Å². The van der Waals surface area contributed by atoms with Crippen LogP contribution >= 0.6 is 0 Å². The summed E-state index contributed by atoms with van der Waals surface area (Å²) in [7, 11) is 1.87. The van der Waals surface area contributed by atoms with Crippen molar-refractivity contribution >= 4 is 28.2 Å². The molecule has 1 unspecified atom stereocenters. The van der Waals surface area contributed by atoms with Gasteiger partial charge in [-0.25, -0.2) is 0 Å². The van der Waals surface area contributed by atoms with Crippen molar-refractivity contribution in [2.75, 3.05) is 49.5 Å². The molecule has 3 aliphatic heterocycles. The van der Waals surface area contributed by atoms with E-state index < -0.39 is 5.82 Å². The summed E-state index contributed by atoms with van der Waals surface area (Å²) in [6.07, 6.45) is 6.60. The van der Waals surface area contributed by atoms with Gasteiger partial charge < -0.3 is 15.5 Å².